The summed E-state index contributed by atoms with van der Waals surface area (Å²) >= 11 is 0. The van der Waals surface area contributed by atoms with Gasteiger partial charge >= 0.3 is 0 Å². The number of nitrogens with one attached hydrogen (secondary N) is 1. The second-order valence-electron chi connectivity index (χ2n) is 10.2. The maximum absolute atomic E-state index is 14.1. The van der Waals surface area contributed by atoms with Crippen LogP contribution in [0.15, 0.2) is 54.6 Å². The molecule has 0 aliphatic carbocycles. The van der Waals surface area contributed by atoms with Crippen molar-refractivity contribution in [3.05, 3.63) is 88.5 Å². The van der Waals surface area contributed by atoms with Gasteiger partial charge in [0.15, 0.2) is 6.19 Å². The number of hydrogen-bond acceptors (Lipinski definition) is 6. The molecule has 3 aliphatic rings. The smallest absolute Gasteiger partial charge is 0.217 e. The van der Waals surface area contributed by atoms with E-state index in [1.54, 1.807) is 12.1 Å². The zero-order chi connectivity index (χ0) is 26.5. The van der Waals surface area contributed by atoms with Crippen molar-refractivity contribution in [2.45, 2.75) is 25.1 Å². The lowest BCUT2D eigenvalue weighted by atomic mass is 9.92. The highest BCUT2D eigenvalue weighted by atomic mass is 19.1. The molecule has 3 aromatic carbocycles. The van der Waals surface area contributed by atoms with Gasteiger partial charge in [0.25, 0.3) is 0 Å². The first-order valence-electron chi connectivity index (χ1n) is 13.0. The number of imidazole rings is 1. The lowest BCUT2D eigenvalue weighted by Gasteiger charge is -2.28. The molecule has 0 amide bonds. The molecule has 0 bridgehead atoms. The van der Waals surface area contributed by atoms with Crippen LogP contribution in [0.4, 0.5) is 14.7 Å². The zero-order valence-electron chi connectivity index (χ0n) is 21.0. The van der Waals surface area contributed by atoms with E-state index < -0.39 is 5.82 Å². The van der Waals surface area contributed by atoms with Gasteiger partial charge in [-0.15, -0.1) is 0 Å². The van der Waals surface area contributed by atoms with E-state index >= 15 is 0 Å². The van der Waals surface area contributed by atoms with Crippen LogP contribution in [0.5, 0.6) is 5.75 Å². The van der Waals surface area contributed by atoms with Crippen LogP contribution in [0.1, 0.15) is 34.7 Å². The number of fused-ring (bicyclic) bond motifs is 4. The van der Waals surface area contributed by atoms with E-state index in [4.69, 9.17) is 14.5 Å². The molecular formula is C30H25F2N5O2. The lowest BCUT2D eigenvalue weighted by Crippen LogP contribution is -2.40. The number of morpholine rings is 1. The molecule has 1 aromatic heterocycles. The lowest BCUT2D eigenvalue weighted by molar-refractivity contribution is 0.0128. The Kier molecular flexibility index (Phi) is 5.80. The van der Waals surface area contributed by atoms with Crippen molar-refractivity contribution in [2.24, 2.45) is 0 Å². The van der Waals surface area contributed by atoms with E-state index in [9.17, 15) is 14.0 Å². The average molecular weight is 526 g/mol. The summed E-state index contributed by atoms with van der Waals surface area (Å²) in [5, 5.41) is 12.2. The van der Waals surface area contributed by atoms with E-state index in [2.05, 4.69) is 14.8 Å². The largest absolute Gasteiger partial charge is 0.488 e. The van der Waals surface area contributed by atoms with Crippen LogP contribution in [0, 0.1) is 23.1 Å². The van der Waals surface area contributed by atoms with Gasteiger partial charge in [-0.05, 0) is 65.6 Å². The average Bonchev–Trinajstić information content (AvgIpc) is 3.47. The van der Waals surface area contributed by atoms with Crippen molar-refractivity contribution in [3.63, 3.8) is 0 Å². The summed E-state index contributed by atoms with van der Waals surface area (Å²) < 4.78 is 41.8. The van der Waals surface area contributed by atoms with Crippen molar-refractivity contribution in [1.82, 2.24) is 14.5 Å². The Morgan fingerprint density at radius 3 is 2.72 bits per heavy atom. The van der Waals surface area contributed by atoms with Gasteiger partial charge in [-0.3, -0.25) is 10.2 Å². The van der Waals surface area contributed by atoms with Gasteiger partial charge in [0.05, 0.1) is 30.3 Å². The first-order chi connectivity index (χ1) is 19.1. The second-order valence-corrected chi connectivity index (χ2v) is 10.2. The maximum Gasteiger partial charge on any atom is 0.217 e. The van der Waals surface area contributed by atoms with Crippen LogP contribution in [0.25, 0.3) is 22.7 Å². The molecule has 2 atom stereocenters. The van der Waals surface area contributed by atoms with E-state index in [0.29, 0.717) is 23.3 Å². The number of halogens is 2. The topological polar surface area (TPSA) is 75.3 Å². The minimum atomic E-state index is -0.399. The highest BCUT2D eigenvalue weighted by Crippen LogP contribution is 2.39. The Balaban J connectivity index is 1.33. The van der Waals surface area contributed by atoms with Gasteiger partial charge in [-0.25, -0.2) is 13.8 Å². The Bertz CT molecular complexity index is 1600. The van der Waals surface area contributed by atoms with Crippen molar-refractivity contribution >= 4 is 28.6 Å². The molecule has 7 nitrogen and oxygen atoms in total. The van der Waals surface area contributed by atoms with Crippen LogP contribution in [0.3, 0.4) is 0 Å². The predicted molar refractivity (Wildman–Crippen MR) is 143 cm³/mol. The van der Waals surface area contributed by atoms with Gasteiger partial charge in [-0.2, -0.15) is 5.26 Å². The van der Waals surface area contributed by atoms with Crippen molar-refractivity contribution < 1.29 is 18.3 Å². The fourth-order valence-electron chi connectivity index (χ4n) is 6.11. The number of nitriles is 1. The van der Waals surface area contributed by atoms with Crippen molar-refractivity contribution in [2.75, 3.05) is 31.6 Å². The standard InChI is InChI=1S/C30H25F2N5O2/c31-20-2-4-24-19(11-20)15-39-29-12-21(32)3-5-25(29)26(24)9-18-1-6-28-27(10-18)35-30(34-17-33)37(28)22-13-23-16-38-8-7-36(23)14-22/h1-6,9-12,22-23H,7-8,13-16H2,(H,34,35)/t22-,23-/m0/s1. The third-order valence-electron chi connectivity index (χ3n) is 7.87. The Morgan fingerprint density at radius 2 is 1.87 bits per heavy atom. The number of nitrogens with zero attached hydrogens (tertiary/aromatic N) is 4. The third kappa shape index (κ3) is 4.22. The van der Waals surface area contributed by atoms with Crippen LogP contribution in [-0.2, 0) is 11.3 Å². The van der Waals surface area contributed by atoms with E-state index in [0.717, 1.165) is 66.0 Å². The predicted octanol–water partition coefficient (Wildman–Crippen LogP) is 5.33. The third-order valence-corrected chi connectivity index (χ3v) is 7.87. The Labute approximate surface area is 223 Å². The first kappa shape index (κ1) is 23.8. The summed E-state index contributed by atoms with van der Waals surface area (Å²) in [6.45, 7) is 3.39. The fourth-order valence-corrected chi connectivity index (χ4v) is 6.11. The summed E-state index contributed by atoms with van der Waals surface area (Å²) in [6, 6.07) is 15.6. The Morgan fingerprint density at radius 1 is 1.03 bits per heavy atom. The minimum absolute atomic E-state index is 0.137. The molecule has 0 spiro atoms. The fraction of sp³-hybridized carbons (Fsp3) is 0.267. The van der Waals surface area contributed by atoms with Crippen LogP contribution in [0.2, 0.25) is 0 Å². The molecule has 0 unspecified atom stereocenters. The Hall–Kier alpha value is -4.26. The molecule has 196 valence electrons. The molecule has 0 saturated carbocycles. The summed E-state index contributed by atoms with van der Waals surface area (Å²) in [5.41, 5.74) is 5.61. The number of aromatic nitrogens is 2. The quantitative estimate of drug-likeness (QED) is 0.288. The van der Waals surface area contributed by atoms with Crippen LogP contribution >= 0.6 is 0 Å². The monoisotopic (exact) mass is 525 g/mol. The van der Waals surface area contributed by atoms with Gasteiger partial charge in [-0.1, -0.05) is 12.1 Å². The number of rotatable bonds is 3. The molecule has 7 rings (SSSR count). The summed E-state index contributed by atoms with van der Waals surface area (Å²) in [4.78, 5) is 7.22. The molecule has 4 aromatic rings. The van der Waals surface area contributed by atoms with Crippen molar-refractivity contribution in [3.8, 4) is 11.9 Å². The minimum Gasteiger partial charge on any atom is -0.488 e. The normalized spacial score (nSPS) is 21.5. The molecule has 0 radical (unpaired) electrons. The molecule has 9 heteroatoms. The van der Waals surface area contributed by atoms with E-state index in [1.165, 1.54) is 24.3 Å². The molecule has 2 saturated heterocycles. The van der Waals surface area contributed by atoms with Gasteiger partial charge in [0.2, 0.25) is 5.95 Å². The van der Waals surface area contributed by atoms with Gasteiger partial charge < -0.3 is 14.0 Å². The summed E-state index contributed by atoms with van der Waals surface area (Å²) in [6.07, 6.45) is 4.95. The number of ether oxygens (including phenoxy) is 2. The molecule has 3 aliphatic heterocycles. The van der Waals surface area contributed by atoms with Crippen molar-refractivity contribution in [1.29, 1.82) is 5.26 Å². The molecule has 2 fully saturated rings. The highest BCUT2D eigenvalue weighted by molar-refractivity contribution is 5.96. The SMILES string of the molecule is N#CNc1nc2cc(C=C3c4ccc(F)cc4COc4cc(F)ccc43)ccc2n1[C@H]1C[C@H]2COCCN2C1. The summed E-state index contributed by atoms with van der Waals surface area (Å²) in [7, 11) is 0. The zero-order valence-corrected chi connectivity index (χ0v) is 21.0. The van der Waals surface area contributed by atoms with Gasteiger partial charge in [0.1, 0.15) is 24.0 Å². The number of hydrogen-bond donors (Lipinski definition) is 1. The highest BCUT2D eigenvalue weighted by Gasteiger charge is 2.36. The van der Waals surface area contributed by atoms with E-state index in [1.807, 2.05) is 30.5 Å². The van der Waals surface area contributed by atoms with E-state index in [-0.39, 0.29) is 18.5 Å². The van der Waals surface area contributed by atoms with Gasteiger partial charge in [0, 0.05) is 36.3 Å². The number of benzene rings is 3. The second kappa shape index (κ2) is 9.49. The summed E-state index contributed by atoms with van der Waals surface area (Å²) in [5.74, 6) is 0.176. The maximum atomic E-state index is 14.1. The van der Waals surface area contributed by atoms with Crippen LogP contribution in [-0.4, -0.2) is 46.8 Å². The number of anilines is 1. The molecular weight excluding hydrogens is 500 g/mol. The molecule has 1 N–H and O–H groups in total. The molecule has 4 heterocycles. The molecule has 39 heavy (non-hydrogen) atoms. The first-order valence-corrected chi connectivity index (χ1v) is 13.0. The van der Waals surface area contributed by atoms with Crippen LogP contribution < -0.4 is 10.1 Å².